The van der Waals surface area contributed by atoms with Crippen LogP contribution in [0.3, 0.4) is 0 Å². The van der Waals surface area contributed by atoms with Crippen LogP contribution in [0.2, 0.25) is 0 Å². The maximum atomic E-state index is 13.0. The largest absolute Gasteiger partial charge is 0.456 e. The van der Waals surface area contributed by atoms with Crippen molar-refractivity contribution in [1.82, 2.24) is 5.32 Å². The molecule has 3 nitrogen and oxygen atoms in total. The summed E-state index contributed by atoms with van der Waals surface area (Å²) in [5, 5.41) is 3.09. The molecule has 1 aliphatic heterocycles. The van der Waals surface area contributed by atoms with Gasteiger partial charge in [0.15, 0.2) is 0 Å². The van der Waals surface area contributed by atoms with Crippen LogP contribution < -0.4 is 5.32 Å². The van der Waals surface area contributed by atoms with Crippen LogP contribution in [0.5, 0.6) is 0 Å². The first-order valence-electron chi connectivity index (χ1n) is 5.96. The monoisotopic (exact) mass is 333 g/mol. The molecule has 0 radical (unpaired) electrons. The minimum Gasteiger partial charge on any atom is -0.456 e. The number of nitrogens with one attached hydrogen (secondary N) is 1. The third-order valence-corrected chi connectivity index (χ3v) is 3.61. The predicted octanol–water partition coefficient (Wildman–Crippen LogP) is 3.05. The molecule has 6 heteroatoms. The van der Waals surface area contributed by atoms with Crippen LogP contribution in [0.15, 0.2) is 28.7 Å². The summed E-state index contributed by atoms with van der Waals surface area (Å²) in [4.78, 5) is 10.9. The van der Waals surface area contributed by atoms with Gasteiger partial charge in [-0.2, -0.15) is 8.78 Å². The summed E-state index contributed by atoms with van der Waals surface area (Å²) < 4.78 is 31.5. The van der Waals surface area contributed by atoms with Gasteiger partial charge in [-0.05, 0) is 24.6 Å². The van der Waals surface area contributed by atoms with Gasteiger partial charge >= 0.3 is 11.9 Å². The van der Waals surface area contributed by atoms with Crippen molar-refractivity contribution in [1.29, 1.82) is 0 Å². The average Bonchev–Trinajstić information content (AvgIpc) is 2.61. The summed E-state index contributed by atoms with van der Waals surface area (Å²) in [7, 11) is 0. The van der Waals surface area contributed by atoms with Gasteiger partial charge in [-0.25, -0.2) is 4.79 Å². The number of hydrogen-bond acceptors (Lipinski definition) is 3. The molecule has 0 saturated carbocycles. The minimum atomic E-state index is -3.34. The SMILES string of the molecule is CC(NCC1CC(F)(F)C(=O)O1)c1ccc(Br)cc1. The molecule has 1 aromatic rings. The summed E-state index contributed by atoms with van der Waals surface area (Å²) in [6.07, 6.45) is -1.31. The Morgan fingerprint density at radius 2 is 2.11 bits per heavy atom. The van der Waals surface area contributed by atoms with Crippen LogP contribution in [0, 0.1) is 0 Å². The van der Waals surface area contributed by atoms with Gasteiger partial charge in [0.25, 0.3) is 0 Å². The average molecular weight is 334 g/mol. The van der Waals surface area contributed by atoms with E-state index in [0.717, 1.165) is 10.0 Å². The Labute approximate surface area is 118 Å². The molecule has 2 unspecified atom stereocenters. The molecule has 1 heterocycles. The van der Waals surface area contributed by atoms with E-state index in [2.05, 4.69) is 26.0 Å². The van der Waals surface area contributed by atoms with E-state index in [1.165, 1.54) is 0 Å². The molecule has 1 saturated heterocycles. The summed E-state index contributed by atoms with van der Waals surface area (Å²) >= 11 is 3.35. The van der Waals surface area contributed by atoms with Crippen molar-refractivity contribution in [3.63, 3.8) is 0 Å². The Kier molecular flexibility index (Phi) is 4.20. The van der Waals surface area contributed by atoms with Crippen LogP contribution in [0.1, 0.15) is 24.9 Å². The molecule has 1 fully saturated rings. The Morgan fingerprint density at radius 3 is 2.63 bits per heavy atom. The van der Waals surface area contributed by atoms with E-state index >= 15 is 0 Å². The first-order chi connectivity index (χ1) is 8.88. The first-order valence-corrected chi connectivity index (χ1v) is 6.75. The fraction of sp³-hybridized carbons (Fsp3) is 0.462. The number of ether oxygens (including phenoxy) is 1. The van der Waals surface area contributed by atoms with Gasteiger partial charge < -0.3 is 10.1 Å². The van der Waals surface area contributed by atoms with Crippen LogP contribution in [-0.2, 0) is 9.53 Å². The third-order valence-electron chi connectivity index (χ3n) is 3.08. The van der Waals surface area contributed by atoms with E-state index < -0.39 is 24.4 Å². The summed E-state index contributed by atoms with van der Waals surface area (Å²) in [6, 6.07) is 7.71. The molecular weight excluding hydrogens is 320 g/mol. The van der Waals surface area contributed by atoms with Crippen molar-refractivity contribution >= 4 is 21.9 Å². The molecule has 0 amide bonds. The number of carbonyl (C=O) groups excluding carboxylic acids is 1. The second kappa shape index (κ2) is 5.54. The van der Waals surface area contributed by atoms with Crippen molar-refractivity contribution in [2.45, 2.75) is 31.4 Å². The lowest BCUT2D eigenvalue weighted by atomic mass is 10.1. The molecule has 19 heavy (non-hydrogen) atoms. The maximum Gasteiger partial charge on any atom is 0.377 e. The van der Waals surface area contributed by atoms with E-state index in [1.807, 2.05) is 31.2 Å². The number of alkyl halides is 2. The van der Waals surface area contributed by atoms with E-state index in [9.17, 15) is 13.6 Å². The van der Waals surface area contributed by atoms with E-state index in [0.29, 0.717) is 0 Å². The zero-order valence-corrected chi connectivity index (χ0v) is 11.9. The van der Waals surface area contributed by atoms with Gasteiger partial charge in [0, 0.05) is 17.1 Å². The molecule has 1 aromatic carbocycles. The van der Waals surface area contributed by atoms with Gasteiger partial charge in [-0.1, -0.05) is 28.1 Å². The highest BCUT2D eigenvalue weighted by Crippen LogP contribution is 2.30. The van der Waals surface area contributed by atoms with Crippen LogP contribution in [-0.4, -0.2) is 24.5 Å². The van der Waals surface area contributed by atoms with Gasteiger partial charge in [-0.15, -0.1) is 0 Å². The summed E-state index contributed by atoms with van der Waals surface area (Å²) in [5.74, 6) is -4.76. The molecule has 0 bridgehead atoms. The quantitative estimate of drug-likeness (QED) is 0.860. The molecule has 0 spiro atoms. The minimum absolute atomic E-state index is 0.000949. The predicted molar refractivity (Wildman–Crippen MR) is 70.0 cm³/mol. The maximum absolute atomic E-state index is 13.0. The molecule has 2 atom stereocenters. The van der Waals surface area contributed by atoms with Gasteiger partial charge in [0.2, 0.25) is 0 Å². The lowest BCUT2D eigenvalue weighted by Crippen LogP contribution is -2.29. The summed E-state index contributed by atoms with van der Waals surface area (Å²) in [5.41, 5.74) is 1.04. The Balaban J connectivity index is 1.86. The van der Waals surface area contributed by atoms with E-state index in [4.69, 9.17) is 0 Å². The molecule has 1 aliphatic rings. The Bertz CT molecular complexity index is 464. The number of carbonyl (C=O) groups is 1. The number of hydrogen-bond donors (Lipinski definition) is 1. The lowest BCUT2D eigenvalue weighted by molar-refractivity contribution is -0.159. The molecule has 2 rings (SSSR count). The van der Waals surface area contributed by atoms with E-state index in [-0.39, 0.29) is 12.6 Å². The highest BCUT2D eigenvalue weighted by atomic mass is 79.9. The number of cyclic esters (lactones) is 1. The summed E-state index contributed by atoms with van der Waals surface area (Å²) in [6.45, 7) is 2.15. The van der Waals surface area contributed by atoms with Crippen molar-refractivity contribution in [2.24, 2.45) is 0 Å². The fourth-order valence-electron chi connectivity index (χ4n) is 1.94. The molecule has 104 valence electrons. The van der Waals surface area contributed by atoms with Crippen LogP contribution in [0.25, 0.3) is 0 Å². The highest BCUT2D eigenvalue weighted by molar-refractivity contribution is 9.10. The number of rotatable bonds is 4. The van der Waals surface area contributed by atoms with Gasteiger partial charge in [0.05, 0.1) is 6.42 Å². The van der Waals surface area contributed by atoms with Crippen molar-refractivity contribution in [3.05, 3.63) is 34.3 Å². The number of halogens is 3. The number of benzene rings is 1. The molecule has 0 aromatic heterocycles. The second-order valence-electron chi connectivity index (χ2n) is 4.62. The zero-order valence-electron chi connectivity index (χ0n) is 10.3. The normalized spacial score (nSPS) is 23.2. The van der Waals surface area contributed by atoms with Crippen molar-refractivity contribution in [2.75, 3.05) is 6.54 Å². The molecule has 0 aliphatic carbocycles. The van der Waals surface area contributed by atoms with Gasteiger partial charge in [0.1, 0.15) is 6.10 Å². The molecular formula is C13H14BrF2NO2. The lowest BCUT2D eigenvalue weighted by Gasteiger charge is -2.16. The second-order valence-corrected chi connectivity index (χ2v) is 5.53. The van der Waals surface area contributed by atoms with Crippen LogP contribution in [0.4, 0.5) is 8.78 Å². The Hall–Kier alpha value is -1.01. The van der Waals surface area contributed by atoms with Gasteiger partial charge in [-0.3, -0.25) is 0 Å². The standard InChI is InChI=1S/C13H14BrF2NO2/c1-8(9-2-4-10(14)5-3-9)17-7-11-6-13(15,16)12(18)19-11/h2-5,8,11,17H,6-7H2,1H3. The smallest absolute Gasteiger partial charge is 0.377 e. The molecule has 1 N–H and O–H groups in total. The fourth-order valence-corrected chi connectivity index (χ4v) is 2.20. The highest BCUT2D eigenvalue weighted by Gasteiger charge is 2.50. The Morgan fingerprint density at radius 1 is 1.47 bits per heavy atom. The first kappa shape index (κ1) is 14.4. The third kappa shape index (κ3) is 3.51. The van der Waals surface area contributed by atoms with Crippen LogP contribution >= 0.6 is 15.9 Å². The zero-order chi connectivity index (χ0) is 14.0. The topological polar surface area (TPSA) is 38.3 Å². The number of esters is 1. The van der Waals surface area contributed by atoms with Crippen molar-refractivity contribution in [3.8, 4) is 0 Å². The van der Waals surface area contributed by atoms with Crippen molar-refractivity contribution < 1.29 is 18.3 Å². The van der Waals surface area contributed by atoms with E-state index in [1.54, 1.807) is 0 Å².